The molecule has 0 aliphatic carbocycles. The van der Waals surface area contributed by atoms with Crippen molar-refractivity contribution in [1.82, 2.24) is 5.32 Å². The normalized spacial score (nSPS) is 13.9. The highest BCUT2D eigenvalue weighted by Gasteiger charge is 2.24. The number of ether oxygens (including phenoxy) is 2. The van der Waals surface area contributed by atoms with Gasteiger partial charge in [0.1, 0.15) is 34.7 Å². The van der Waals surface area contributed by atoms with Crippen LogP contribution in [0.15, 0.2) is 76.9 Å². The molecule has 1 aliphatic rings. The lowest BCUT2D eigenvalue weighted by molar-refractivity contribution is -0.117. The minimum atomic E-state index is -0.478. The van der Waals surface area contributed by atoms with Gasteiger partial charge in [-0.15, -0.1) is 0 Å². The summed E-state index contributed by atoms with van der Waals surface area (Å²) in [5, 5.41) is 12.6. The van der Waals surface area contributed by atoms with Gasteiger partial charge in [-0.2, -0.15) is 5.26 Å². The molecule has 0 saturated carbocycles. The number of nitrogens with one attached hydrogen (secondary N) is 1. The Morgan fingerprint density at radius 1 is 1.16 bits per heavy atom. The largest absolute Gasteiger partial charge is 0.497 e. The van der Waals surface area contributed by atoms with E-state index in [1.165, 1.54) is 6.26 Å². The molecule has 0 saturated heterocycles. The summed E-state index contributed by atoms with van der Waals surface area (Å²) in [7, 11) is 1.60. The number of methoxy groups -OCH3 is 1. The maximum absolute atomic E-state index is 12.9. The van der Waals surface area contributed by atoms with E-state index in [2.05, 4.69) is 11.4 Å². The standard InChI is InChI=1S/C25H20N2O4/c1-16-5-10-23-21(12-16)20(13-24(31-23)17-6-8-18(29-2)9-7-17)22(14-26)25(28)27-15-19-4-3-11-30-19/h3-13H,15H2,1-2H3,(H,27,28)/b22-20+. The van der Waals surface area contributed by atoms with Crippen LogP contribution in [-0.4, -0.2) is 13.0 Å². The van der Waals surface area contributed by atoms with Gasteiger partial charge in [0.2, 0.25) is 0 Å². The van der Waals surface area contributed by atoms with Crippen LogP contribution in [0, 0.1) is 18.3 Å². The van der Waals surface area contributed by atoms with Gasteiger partial charge < -0.3 is 19.2 Å². The van der Waals surface area contributed by atoms with E-state index >= 15 is 0 Å². The maximum atomic E-state index is 12.9. The highest BCUT2D eigenvalue weighted by molar-refractivity contribution is 6.09. The zero-order valence-corrected chi connectivity index (χ0v) is 17.1. The molecule has 154 valence electrons. The fourth-order valence-corrected chi connectivity index (χ4v) is 3.31. The summed E-state index contributed by atoms with van der Waals surface area (Å²) < 4.78 is 16.6. The minimum Gasteiger partial charge on any atom is -0.497 e. The Balaban J connectivity index is 1.77. The fraction of sp³-hybridized carbons (Fsp3) is 0.120. The zero-order chi connectivity index (χ0) is 21.8. The van der Waals surface area contributed by atoms with Gasteiger partial charge in [-0.05, 0) is 61.5 Å². The lowest BCUT2D eigenvalue weighted by atomic mass is 9.93. The van der Waals surface area contributed by atoms with Gasteiger partial charge >= 0.3 is 0 Å². The van der Waals surface area contributed by atoms with E-state index in [1.807, 2.05) is 49.4 Å². The van der Waals surface area contributed by atoms with Crippen LogP contribution in [0.1, 0.15) is 22.5 Å². The van der Waals surface area contributed by atoms with Crippen LogP contribution in [0.4, 0.5) is 0 Å². The van der Waals surface area contributed by atoms with Crippen molar-refractivity contribution in [3.63, 3.8) is 0 Å². The first-order chi connectivity index (χ1) is 15.1. The molecule has 4 rings (SSSR count). The molecular weight excluding hydrogens is 392 g/mol. The van der Waals surface area contributed by atoms with Crippen molar-refractivity contribution in [2.24, 2.45) is 0 Å². The Kier molecular flexibility index (Phi) is 5.59. The van der Waals surface area contributed by atoms with E-state index in [0.29, 0.717) is 28.4 Å². The minimum absolute atomic E-state index is 0.00715. The molecule has 0 atom stereocenters. The summed E-state index contributed by atoms with van der Waals surface area (Å²) in [5.41, 5.74) is 3.01. The highest BCUT2D eigenvalue weighted by Crippen LogP contribution is 2.39. The fourth-order valence-electron chi connectivity index (χ4n) is 3.31. The molecule has 6 nitrogen and oxygen atoms in total. The summed E-state index contributed by atoms with van der Waals surface area (Å²) >= 11 is 0. The number of amides is 1. The molecule has 0 fully saturated rings. The number of fused-ring (bicyclic) bond motifs is 1. The Morgan fingerprint density at radius 3 is 2.65 bits per heavy atom. The predicted octanol–water partition coefficient (Wildman–Crippen LogP) is 4.62. The van der Waals surface area contributed by atoms with Gasteiger partial charge in [0.25, 0.3) is 5.91 Å². The van der Waals surface area contributed by atoms with Crippen molar-refractivity contribution in [3.8, 4) is 17.6 Å². The van der Waals surface area contributed by atoms with E-state index in [9.17, 15) is 10.1 Å². The van der Waals surface area contributed by atoms with Crippen LogP contribution >= 0.6 is 0 Å². The van der Waals surface area contributed by atoms with Crippen LogP contribution < -0.4 is 14.8 Å². The average molecular weight is 412 g/mol. The lowest BCUT2D eigenvalue weighted by Gasteiger charge is -2.22. The third kappa shape index (κ3) is 4.21. The molecular formula is C25H20N2O4. The molecule has 1 aliphatic heterocycles. The lowest BCUT2D eigenvalue weighted by Crippen LogP contribution is -2.25. The number of furan rings is 1. The van der Waals surface area contributed by atoms with E-state index in [-0.39, 0.29) is 12.1 Å². The summed E-state index contributed by atoms with van der Waals surface area (Å²) in [6.45, 7) is 2.14. The van der Waals surface area contributed by atoms with Gasteiger partial charge in [0.15, 0.2) is 0 Å². The van der Waals surface area contributed by atoms with E-state index in [4.69, 9.17) is 13.9 Å². The maximum Gasteiger partial charge on any atom is 0.262 e. The van der Waals surface area contributed by atoms with E-state index < -0.39 is 5.91 Å². The highest BCUT2D eigenvalue weighted by atomic mass is 16.5. The third-order valence-corrected chi connectivity index (χ3v) is 4.91. The van der Waals surface area contributed by atoms with Crippen molar-refractivity contribution >= 4 is 17.2 Å². The number of carbonyl (C=O) groups is 1. The molecule has 0 spiro atoms. The number of benzene rings is 2. The number of hydrogen-bond donors (Lipinski definition) is 1. The molecule has 3 aromatic rings. The van der Waals surface area contributed by atoms with Gasteiger partial charge in [0.05, 0.1) is 19.9 Å². The molecule has 0 unspecified atom stereocenters. The predicted molar refractivity (Wildman–Crippen MR) is 116 cm³/mol. The van der Waals surface area contributed by atoms with Crippen LogP contribution in [0.2, 0.25) is 0 Å². The molecule has 6 heteroatoms. The second kappa shape index (κ2) is 8.64. The first kappa shape index (κ1) is 20.0. The number of nitrogens with zero attached hydrogens (tertiary/aromatic N) is 1. The second-order valence-corrected chi connectivity index (χ2v) is 7.00. The van der Waals surface area contributed by atoms with Crippen LogP contribution in [-0.2, 0) is 11.3 Å². The number of aryl methyl sites for hydroxylation is 1. The van der Waals surface area contributed by atoms with Crippen LogP contribution in [0.5, 0.6) is 11.5 Å². The SMILES string of the molecule is COc1ccc(C2=C/C(=C(/C#N)C(=O)NCc3ccco3)c3cc(C)ccc3O2)cc1. The first-order valence-electron chi connectivity index (χ1n) is 9.69. The zero-order valence-electron chi connectivity index (χ0n) is 17.1. The van der Waals surface area contributed by atoms with E-state index in [1.54, 1.807) is 25.3 Å². The molecule has 0 bridgehead atoms. The molecule has 1 N–H and O–H groups in total. The number of nitriles is 1. The van der Waals surface area contributed by atoms with E-state index in [0.717, 1.165) is 16.9 Å². The quantitative estimate of drug-likeness (QED) is 0.488. The van der Waals surface area contributed by atoms with Gasteiger partial charge in [-0.1, -0.05) is 11.6 Å². The summed E-state index contributed by atoms with van der Waals surface area (Å²) in [5.74, 6) is 1.98. The van der Waals surface area contributed by atoms with Crippen molar-refractivity contribution in [2.75, 3.05) is 7.11 Å². The van der Waals surface area contributed by atoms with Gasteiger partial charge in [-0.25, -0.2) is 0 Å². The summed E-state index contributed by atoms with van der Waals surface area (Å²) in [6.07, 6.45) is 3.27. The Morgan fingerprint density at radius 2 is 1.97 bits per heavy atom. The Hall–Kier alpha value is -4.24. The molecule has 2 heterocycles. The van der Waals surface area contributed by atoms with Crippen molar-refractivity contribution in [1.29, 1.82) is 5.26 Å². The summed E-state index contributed by atoms with van der Waals surface area (Å²) in [4.78, 5) is 12.9. The Bertz CT molecular complexity index is 1210. The number of hydrogen-bond acceptors (Lipinski definition) is 5. The smallest absolute Gasteiger partial charge is 0.262 e. The van der Waals surface area contributed by atoms with Gasteiger partial charge in [0, 0.05) is 16.7 Å². The second-order valence-electron chi connectivity index (χ2n) is 7.00. The number of carbonyl (C=O) groups excluding carboxylic acids is 1. The molecule has 0 radical (unpaired) electrons. The first-order valence-corrected chi connectivity index (χ1v) is 9.69. The third-order valence-electron chi connectivity index (χ3n) is 4.91. The topological polar surface area (TPSA) is 84.5 Å². The monoisotopic (exact) mass is 412 g/mol. The van der Waals surface area contributed by atoms with Crippen LogP contribution in [0.3, 0.4) is 0 Å². The molecule has 1 amide bonds. The van der Waals surface area contributed by atoms with Crippen molar-refractivity contribution in [3.05, 3.63) is 95.0 Å². The molecule has 2 aromatic carbocycles. The number of rotatable bonds is 5. The van der Waals surface area contributed by atoms with Crippen molar-refractivity contribution < 1.29 is 18.7 Å². The average Bonchev–Trinajstić information content (AvgIpc) is 3.32. The van der Waals surface area contributed by atoms with Crippen LogP contribution in [0.25, 0.3) is 11.3 Å². The molecule has 1 aromatic heterocycles. The number of allylic oxidation sites excluding steroid dienone is 2. The summed E-state index contributed by atoms with van der Waals surface area (Å²) in [6, 6.07) is 18.6. The van der Waals surface area contributed by atoms with Crippen molar-refractivity contribution in [2.45, 2.75) is 13.5 Å². The Labute approximate surface area is 180 Å². The molecule has 31 heavy (non-hydrogen) atoms. The van der Waals surface area contributed by atoms with Gasteiger partial charge in [-0.3, -0.25) is 4.79 Å².